The Balaban J connectivity index is 1.74. The SMILES string of the molecule is C=[CH][Ge]([CH3])([CH3])[CH2]Cc1c2c(nc3ccccc13)-c1cc3c(c(=O)n1C2)COC(=O)[C@]3(O)CC. The molecule has 0 spiro atoms. The molecule has 6 nitrogen and oxygen atoms in total. The van der Waals surface area contributed by atoms with Gasteiger partial charge < -0.3 is 0 Å². The molecule has 2 aromatic heterocycles. The topological polar surface area (TPSA) is 81.4 Å². The van der Waals surface area contributed by atoms with Gasteiger partial charge in [0.25, 0.3) is 0 Å². The van der Waals surface area contributed by atoms with E-state index in [2.05, 4.69) is 29.1 Å². The summed E-state index contributed by atoms with van der Waals surface area (Å²) in [6, 6.07) is 9.88. The van der Waals surface area contributed by atoms with Crippen molar-refractivity contribution in [1.82, 2.24) is 9.55 Å². The molecule has 170 valence electrons. The van der Waals surface area contributed by atoms with Crippen LogP contribution in [-0.4, -0.2) is 33.9 Å². The molecule has 1 atom stereocenters. The Hall–Kier alpha value is -2.71. The summed E-state index contributed by atoms with van der Waals surface area (Å²) < 4.78 is 6.90. The van der Waals surface area contributed by atoms with Gasteiger partial charge in [-0.15, -0.1) is 0 Å². The van der Waals surface area contributed by atoms with Gasteiger partial charge in [-0.1, -0.05) is 0 Å². The van der Waals surface area contributed by atoms with Crippen molar-refractivity contribution in [3.63, 3.8) is 0 Å². The zero-order chi connectivity index (χ0) is 23.5. The number of fused-ring (bicyclic) bond motifs is 5. The number of carbonyl (C=O) groups is 1. The van der Waals surface area contributed by atoms with Gasteiger partial charge in [-0.2, -0.15) is 0 Å². The number of nitrogens with zero attached hydrogens (tertiary/aromatic N) is 2. The van der Waals surface area contributed by atoms with Crippen LogP contribution in [0.3, 0.4) is 0 Å². The number of benzene rings is 1. The summed E-state index contributed by atoms with van der Waals surface area (Å²) >= 11 is -2.07. The summed E-state index contributed by atoms with van der Waals surface area (Å²) in [5, 5.41) is 13.3. The molecule has 0 saturated heterocycles. The Morgan fingerprint density at radius 2 is 2.03 bits per heavy atom. The molecule has 1 aromatic carbocycles. The fraction of sp³-hybridized carbons (Fsp3) is 0.346. The van der Waals surface area contributed by atoms with Crippen LogP contribution in [0.1, 0.15) is 35.6 Å². The molecule has 2 aliphatic heterocycles. The number of para-hydroxylation sites is 1. The number of carbonyl (C=O) groups excluding carboxylic acids is 1. The van der Waals surface area contributed by atoms with E-state index in [9.17, 15) is 14.7 Å². The molecule has 1 N–H and O–H groups in total. The van der Waals surface area contributed by atoms with Gasteiger partial charge in [-0.25, -0.2) is 0 Å². The molecule has 0 saturated carbocycles. The predicted molar refractivity (Wildman–Crippen MR) is 131 cm³/mol. The van der Waals surface area contributed by atoms with E-state index >= 15 is 0 Å². The average Bonchev–Trinajstić information content (AvgIpc) is 3.18. The van der Waals surface area contributed by atoms with Gasteiger partial charge in [-0.3, -0.25) is 0 Å². The van der Waals surface area contributed by atoms with E-state index < -0.39 is 24.8 Å². The maximum absolute atomic E-state index is 13.5. The third-order valence-corrected chi connectivity index (χ3v) is 12.8. The molecule has 0 aliphatic carbocycles. The minimum absolute atomic E-state index is 0.116. The summed E-state index contributed by atoms with van der Waals surface area (Å²) in [4.78, 5) is 33.0. The standard InChI is InChI=1S/C26H28GeN2O4/c1-5-26(32)20-13-22-23-18(14-29(22)24(30)19(20)15-33-25(26)31)16(11-12-27(3,4)6-2)17-9-7-8-10-21(17)28-23/h6-10,13,32H,2,5,11-12,14-15H2,1,3-4H3/t26-/m0/s1. The van der Waals surface area contributed by atoms with Crippen LogP contribution in [0.15, 0.2) is 46.6 Å². The van der Waals surface area contributed by atoms with Gasteiger partial charge in [0.1, 0.15) is 0 Å². The van der Waals surface area contributed by atoms with Crippen molar-refractivity contribution >= 4 is 30.1 Å². The van der Waals surface area contributed by atoms with Crippen molar-refractivity contribution in [2.24, 2.45) is 0 Å². The quantitative estimate of drug-likeness (QED) is 0.327. The van der Waals surface area contributed by atoms with Crippen LogP contribution in [-0.2, 0) is 34.7 Å². The van der Waals surface area contributed by atoms with Crippen LogP contribution in [0.4, 0.5) is 0 Å². The first kappa shape index (κ1) is 22.1. The molecular formula is C26H28GeN2O4. The first-order valence-corrected chi connectivity index (χ1v) is 18.3. The number of pyridine rings is 2. The molecule has 0 amide bonds. The van der Waals surface area contributed by atoms with Crippen LogP contribution in [0.2, 0.25) is 16.8 Å². The molecule has 7 heteroatoms. The molecule has 0 fully saturated rings. The summed E-state index contributed by atoms with van der Waals surface area (Å²) in [6.07, 6.45) is 1.04. The van der Waals surface area contributed by atoms with Crippen molar-refractivity contribution in [3.05, 3.63) is 74.4 Å². The number of ether oxygens (including phenoxy) is 1. The van der Waals surface area contributed by atoms with Gasteiger partial charge in [0.15, 0.2) is 0 Å². The third-order valence-electron chi connectivity index (χ3n) is 7.29. The number of rotatable bonds is 5. The van der Waals surface area contributed by atoms with Crippen molar-refractivity contribution in [2.75, 3.05) is 0 Å². The summed E-state index contributed by atoms with van der Waals surface area (Å²) in [6.45, 7) is 6.09. The van der Waals surface area contributed by atoms with Crippen LogP contribution in [0.25, 0.3) is 22.3 Å². The molecule has 3 aromatic rings. The van der Waals surface area contributed by atoms with Gasteiger partial charge in [0.05, 0.1) is 0 Å². The molecule has 33 heavy (non-hydrogen) atoms. The molecule has 0 radical (unpaired) electrons. The molecule has 5 rings (SSSR count). The Labute approximate surface area is 195 Å². The number of hydrogen-bond donors (Lipinski definition) is 1. The molecule has 4 heterocycles. The van der Waals surface area contributed by atoms with Gasteiger partial charge in [0, 0.05) is 0 Å². The van der Waals surface area contributed by atoms with Crippen molar-refractivity contribution in [1.29, 1.82) is 0 Å². The van der Waals surface area contributed by atoms with Gasteiger partial charge in [0.2, 0.25) is 0 Å². The second kappa shape index (κ2) is 7.67. The Morgan fingerprint density at radius 1 is 1.27 bits per heavy atom. The predicted octanol–water partition coefficient (Wildman–Crippen LogP) is 4.06. The first-order chi connectivity index (χ1) is 15.7. The van der Waals surface area contributed by atoms with E-state index in [-0.39, 0.29) is 18.6 Å². The van der Waals surface area contributed by atoms with Gasteiger partial charge in [-0.05, 0) is 0 Å². The summed E-state index contributed by atoms with van der Waals surface area (Å²) in [5.74, 6) is 4.00. The van der Waals surface area contributed by atoms with Crippen LogP contribution in [0, 0.1) is 0 Å². The third kappa shape index (κ3) is 3.30. The van der Waals surface area contributed by atoms with E-state index in [4.69, 9.17) is 9.72 Å². The van der Waals surface area contributed by atoms with E-state index in [1.54, 1.807) is 17.6 Å². The fourth-order valence-electron chi connectivity index (χ4n) is 4.95. The Morgan fingerprint density at radius 3 is 2.76 bits per heavy atom. The molecule has 0 bridgehead atoms. The first-order valence-electron chi connectivity index (χ1n) is 11.4. The monoisotopic (exact) mass is 506 g/mol. The van der Waals surface area contributed by atoms with E-state index in [0.29, 0.717) is 23.4 Å². The van der Waals surface area contributed by atoms with Crippen LogP contribution in [0.5, 0.6) is 0 Å². The van der Waals surface area contributed by atoms with Crippen LogP contribution >= 0.6 is 0 Å². The van der Waals surface area contributed by atoms with Crippen LogP contribution < -0.4 is 5.56 Å². The molecule has 0 unspecified atom stereocenters. The van der Waals surface area contributed by atoms with Crippen molar-refractivity contribution in [2.45, 2.75) is 55.3 Å². The van der Waals surface area contributed by atoms with Gasteiger partial charge >= 0.3 is 195 Å². The number of hydrogen-bond acceptors (Lipinski definition) is 5. The number of cyclic esters (lactones) is 1. The number of aromatic nitrogens is 2. The van der Waals surface area contributed by atoms with E-state index in [1.165, 1.54) is 5.56 Å². The maximum atomic E-state index is 13.5. The zero-order valence-electron chi connectivity index (χ0n) is 19.3. The number of aliphatic hydroxyl groups is 1. The second-order valence-corrected chi connectivity index (χ2v) is 20.0. The summed E-state index contributed by atoms with van der Waals surface area (Å²) in [5.41, 5.74) is 3.27. The van der Waals surface area contributed by atoms with E-state index in [1.807, 2.05) is 18.2 Å². The molecular weight excluding hydrogens is 477 g/mol. The average molecular weight is 505 g/mol. The number of aryl methyl sites for hydroxylation is 1. The zero-order valence-corrected chi connectivity index (χ0v) is 21.4. The fourth-order valence-corrected chi connectivity index (χ4v) is 7.25. The van der Waals surface area contributed by atoms with Crippen molar-refractivity contribution in [3.8, 4) is 11.4 Å². The summed E-state index contributed by atoms with van der Waals surface area (Å²) in [7, 11) is 0. The second-order valence-electron chi connectivity index (χ2n) is 9.73. The Bertz CT molecular complexity index is 1390. The number of esters is 1. The Kier molecular flexibility index (Phi) is 5.14. The molecule has 2 aliphatic rings. The van der Waals surface area contributed by atoms with E-state index in [0.717, 1.165) is 33.8 Å². The minimum atomic E-state index is -2.07. The normalized spacial score (nSPS) is 19.1. The van der Waals surface area contributed by atoms with Crippen molar-refractivity contribution < 1.29 is 14.6 Å².